The third-order valence-electron chi connectivity index (χ3n) is 6.29. The number of morpholine rings is 1. The molecule has 2 aliphatic heterocycles. The van der Waals surface area contributed by atoms with Gasteiger partial charge < -0.3 is 19.1 Å². The third-order valence-corrected chi connectivity index (χ3v) is 6.53. The van der Waals surface area contributed by atoms with E-state index in [-0.39, 0.29) is 18.1 Å². The Morgan fingerprint density at radius 2 is 1.91 bits per heavy atom. The van der Waals surface area contributed by atoms with Crippen molar-refractivity contribution in [1.29, 1.82) is 0 Å². The van der Waals surface area contributed by atoms with Crippen LogP contribution in [-0.2, 0) is 20.1 Å². The minimum atomic E-state index is -0.465. The van der Waals surface area contributed by atoms with Gasteiger partial charge in [-0.2, -0.15) is 0 Å². The van der Waals surface area contributed by atoms with Crippen LogP contribution in [0.15, 0.2) is 18.2 Å². The van der Waals surface area contributed by atoms with Gasteiger partial charge in [-0.15, -0.1) is 0 Å². The third kappa shape index (κ3) is 8.59. The molecule has 0 bridgehead atoms. The van der Waals surface area contributed by atoms with Crippen LogP contribution < -0.4 is 4.74 Å². The van der Waals surface area contributed by atoms with Crippen LogP contribution in [0.1, 0.15) is 52.0 Å². The molecule has 2 heterocycles. The predicted octanol–water partition coefficient (Wildman–Crippen LogP) is 4.69. The zero-order valence-electron chi connectivity index (χ0n) is 20.6. The number of ether oxygens (including phenoxy) is 3. The molecule has 1 unspecified atom stereocenters. The number of rotatable bonds is 9. The lowest BCUT2D eigenvalue weighted by molar-refractivity contribution is -0.0369. The van der Waals surface area contributed by atoms with Crippen molar-refractivity contribution < 1.29 is 27.6 Å². The first kappa shape index (κ1) is 27.0. The molecule has 1 aromatic carbocycles. The SMILES string of the molecule is CC(C)(C)OC(=O)N1CCC(CCCOc2ccc(CC(OS)N3CCOCC3)c(F)c2)CC1. The lowest BCUT2D eigenvalue weighted by Crippen LogP contribution is -2.44. The van der Waals surface area contributed by atoms with Crippen molar-refractivity contribution in [2.75, 3.05) is 46.0 Å². The molecule has 0 aromatic heterocycles. The molecular formula is C25H39FN2O5S. The molecule has 0 spiro atoms. The van der Waals surface area contributed by atoms with Crippen LogP contribution in [-0.4, -0.2) is 73.7 Å². The van der Waals surface area contributed by atoms with Crippen LogP contribution in [0.4, 0.5) is 9.18 Å². The van der Waals surface area contributed by atoms with Gasteiger partial charge in [0.05, 0.1) is 19.8 Å². The molecule has 2 aliphatic rings. The lowest BCUT2D eigenvalue weighted by Gasteiger charge is -2.33. The Morgan fingerprint density at radius 1 is 1.21 bits per heavy atom. The van der Waals surface area contributed by atoms with Crippen LogP contribution in [0.5, 0.6) is 5.75 Å². The van der Waals surface area contributed by atoms with Gasteiger partial charge in [-0.3, -0.25) is 9.08 Å². The van der Waals surface area contributed by atoms with Crippen molar-refractivity contribution in [2.45, 2.75) is 64.7 Å². The Bertz CT molecular complexity index is 777. The number of thiol groups is 1. The average molecular weight is 499 g/mol. The van der Waals surface area contributed by atoms with Crippen molar-refractivity contribution in [3.05, 3.63) is 29.6 Å². The van der Waals surface area contributed by atoms with Gasteiger partial charge in [0, 0.05) is 38.7 Å². The second kappa shape index (κ2) is 13.0. The largest absolute Gasteiger partial charge is 0.493 e. The summed E-state index contributed by atoms with van der Waals surface area (Å²) in [7, 11) is 0. The maximum absolute atomic E-state index is 14.7. The number of carbonyl (C=O) groups excluding carboxylic acids is 1. The standard InChI is InChI=1S/C25H39FN2O5S/c1-25(2,3)32-24(29)28-10-8-19(9-11-28)5-4-14-31-21-7-6-20(22(26)18-21)17-23(33-34)27-12-15-30-16-13-27/h6-7,18-19,23,34H,4-5,8-17H2,1-3H3. The highest BCUT2D eigenvalue weighted by molar-refractivity contribution is 7.75. The molecule has 3 rings (SSSR count). The molecule has 1 aromatic rings. The van der Waals surface area contributed by atoms with E-state index in [0.717, 1.165) is 51.9 Å². The summed E-state index contributed by atoms with van der Waals surface area (Å²) in [5.41, 5.74) is 0.114. The number of halogens is 1. The first-order valence-electron chi connectivity index (χ1n) is 12.3. The highest BCUT2D eigenvalue weighted by atomic mass is 32.1. The van der Waals surface area contributed by atoms with Crippen molar-refractivity contribution in [3.8, 4) is 5.75 Å². The Hall–Kier alpha value is -1.55. The monoisotopic (exact) mass is 498 g/mol. The minimum Gasteiger partial charge on any atom is -0.493 e. The van der Waals surface area contributed by atoms with Gasteiger partial charge in [-0.25, -0.2) is 9.18 Å². The molecule has 0 aliphatic carbocycles. The van der Waals surface area contributed by atoms with Crippen LogP contribution in [0.2, 0.25) is 0 Å². The fraction of sp³-hybridized carbons (Fsp3) is 0.720. The average Bonchev–Trinajstić information content (AvgIpc) is 2.81. The number of amides is 1. The Morgan fingerprint density at radius 3 is 2.53 bits per heavy atom. The van der Waals surface area contributed by atoms with E-state index in [1.807, 2.05) is 26.8 Å². The van der Waals surface area contributed by atoms with E-state index in [9.17, 15) is 9.18 Å². The molecule has 0 N–H and O–H groups in total. The summed E-state index contributed by atoms with van der Waals surface area (Å²) in [6, 6.07) is 5.02. The van der Waals surface area contributed by atoms with E-state index in [1.54, 1.807) is 11.0 Å². The smallest absolute Gasteiger partial charge is 0.410 e. The van der Waals surface area contributed by atoms with Gasteiger partial charge in [0.1, 0.15) is 23.4 Å². The zero-order chi connectivity index (χ0) is 24.6. The van der Waals surface area contributed by atoms with Crippen LogP contribution >= 0.6 is 12.9 Å². The molecule has 9 heteroatoms. The van der Waals surface area contributed by atoms with Crippen molar-refractivity contribution in [2.24, 2.45) is 5.92 Å². The molecule has 192 valence electrons. The fourth-order valence-electron chi connectivity index (χ4n) is 4.36. The van der Waals surface area contributed by atoms with Crippen LogP contribution in [0.25, 0.3) is 0 Å². The van der Waals surface area contributed by atoms with Crippen molar-refractivity contribution in [1.82, 2.24) is 9.80 Å². The minimum absolute atomic E-state index is 0.225. The van der Waals surface area contributed by atoms with Gasteiger partial charge in [0.2, 0.25) is 0 Å². The van der Waals surface area contributed by atoms with Gasteiger partial charge in [0.15, 0.2) is 0 Å². The van der Waals surface area contributed by atoms with E-state index < -0.39 is 5.60 Å². The predicted molar refractivity (Wildman–Crippen MR) is 132 cm³/mol. The van der Waals surface area contributed by atoms with E-state index in [0.29, 0.717) is 43.5 Å². The van der Waals surface area contributed by atoms with Gasteiger partial charge in [0.25, 0.3) is 0 Å². The summed E-state index contributed by atoms with van der Waals surface area (Å²) >= 11 is 3.99. The van der Waals surface area contributed by atoms with Crippen LogP contribution in [0, 0.1) is 11.7 Å². The number of carbonyl (C=O) groups is 1. The van der Waals surface area contributed by atoms with E-state index >= 15 is 0 Å². The molecular weight excluding hydrogens is 459 g/mol. The second-order valence-electron chi connectivity index (χ2n) is 10.1. The molecule has 7 nitrogen and oxygen atoms in total. The summed E-state index contributed by atoms with van der Waals surface area (Å²) in [4.78, 5) is 16.1. The number of benzene rings is 1. The van der Waals surface area contributed by atoms with E-state index in [1.165, 1.54) is 6.07 Å². The van der Waals surface area contributed by atoms with Gasteiger partial charge in [-0.1, -0.05) is 6.07 Å². The first-order valence-corrected chi connectivity index (χ1v) is 12.6. The fourth-order valence-corrected chi connectivity index (χ4v) is 4.57. The molecule has 2 fully saturated rings. The summed E-state index contributed by atoms with van der Waals surface area (Å²) in [6.07, 6.45) is 3.76. The van der Waals surface area contributed by atoms with E-state index in [4.69, 9.17) is 18.4 Å². The maximum Gasteiger partial charge on any atom is 0.410 e. The summed E-state index contributed by atoms with van der Waals surface area (Å²) in [5.74, 6) is 0.811. The summed E-state index contributed by atoms with van der Waals surface area (Å²) in [5, 5.41) is 0. The van der Waals surface area contributed by atoms with Crippen molar-refractivity contribution in [3.63, 3.8) is 0 Å². The Balaban J connectivity index is 1.36. The van der Waals surface area contributed by atoms with E-state index in [2.05, 4.69) is 17.8 Å². The molecule has 2 saturated heterocycles. The molecule has 0 radical (unpaired) electrons. The highest BCUT2D eigenvalue weighted by Crippen LogP contribution is 2.25. The van der Waals surface area contributed by atoms with Gasteiger partial charge >= 0.3 is 6.09 Å². The molecule has 1 atom stereocenters. The number of nitrogens with zero attached hydrogens (tertiary/aromatic N) is 2. The lowest BCUT2D eigenvalue weighted by atomic mass is 9.92. The number of hydrogen-bond acceptors (Lipinski definition) is 7. The first-order chi connectivity index (χ1) is 16.2. The summed E-state index contributed by atoms with van der Waals surface area (Å²) < 4.78 is 36.6. The molecule has 1 amide bonds. The normalized spacial score (nSPS) is 19.1. The maximum atomic E-state index is 14.7. The Labute approximate surface area is 208 Å². The quantitative estimate of drug-likeness (QED) is 0.303. The molecule has 34 heavy (non-hydrogen) atoms. The number of likely N-dealkylation sites (tertiary alicyclic amines) is 1. The number of hydrogen-bond donors (Lipinski definition) is 1. The second-order valence-corrected chi connectivity index (χ2v) is 10.3. The van der Waals surface area contributed by atoms with Crippen LogP contribution in [0.3, 0.4) is 0 Å². The highest BCUT2D eigenvalue weighted by Gasteiger charge is 2.27. The van der Waals surface area contributed by atoms with Gasteiger partial charge in [-0.05, 0) is 76.9 Å². The van der Waals surface area contributed by atoms with Crippen molar-refractivity contribution >= 4 is 19.0 Å². The Kier molecular flexibility index (Phi) is 10.3. The topological polar surface area (TPSA) is 60.5 Å². The molecule has 0 saturated carbocycles. The number of piperidine rings is 1. The summed E-state index contributed by atoms with van der Waals surface area (Å²) in [6.45, 7) is 10.4. The zero-order valence-corrected chi connectivity index (χ0v) is 21.5.